The van der Waals surface area contributed by atoms with Gasteiger partial charge < -0.3 is 15.0 Å². The molecule has 3 aromatic carbocycles. The van der Waals surface area contributed by atoms with Crippen molar-refractivity contribution in [1.82, 2.24) is 10.2 Å². The van der Waals surface area contributed by atoms with Gasteiger partial charge in [-0.05, 0) is 54.7 Å². The van der Waals surface area contributed by atoms with E-state index in [1.807, 2.05) is 67.6 Å². The molecular formula is C31H37ClN2O3. The van der Waals surface area contributed by atoms with Gasteiger partial charge in [0.25, 0.3) is 0 Å². The molecule has 2 amide bonds. The molecule has 0 bridgehead atoms. The summed E-state index contributed by atoms with van der Waals surface area (Å²) in [4.78, 5) is 28.8. The van der Waals surface area contributed by atoms with Crippen LogP contribution >= 0.6 is 11.6 Å². The summed E-state index contributed by atoms with van der Waals surface area (Å²) in [5.74, 6) is 0.827. The van der Waals surface area contributed by atoms with Gasteiger partial charge in [0.05, 0.1) is 6.61 Å². The van der Waals surface area contributed by atoms with Crippen LogP contribution in [0.4, 0.5) is 0 Å². The van der Waals surface area contributed by atoms with Crippen molar-refractivity contribution >= 4 is 23.4 Å². The van der Waals surface area contributed by atoms with E-state index < -0.39 is 6.04 Å². The molecule has 0 unspecified atom stereocenters. The van der Waals surface area contributed by atoms with Gasteiger partial charge in [-0.1, -0.05) is 85.6 Å². The Balaban J connectivity index is 1.78. The number of hydrogen-bond donors (Lipinski definition) is 1. The van der Waals surface area contributed by atoms with E-state index >= 15 is 0 Å². The maximum Gasteiger partial charge on any atom is 0.243 e. The number of halogens is 1. The van der Waals surface area contributed by atoms with E-state index in [1.54, 1.807) is 17.0 Å². The summed E-state index contributed by atoms with van der Waals surface area (Å²) in [6, 6.07) is 24.5. The van der Waals surface area contributed by atoms with Crippen LogP contribution in [0.25, 0.3) is 0 Å². The average Bonchev–Trinajstić information content (AvgIpc) is 2.88. The van der Waals surface area contributed by atoms with Crippen LogP contribution in [-0.2, 0) is 22.6 Å². The normalized spacial score (nSPS) is 11.7. The summed E-state index contributed by atoms with van der Waals surface area (Å²) in [7, 11) is 0. The molecule has 0 saturated carbocycles. The van der Waals surface area contributed by atoms with Crippen LogP contribution in [0.1, 0.15) is 43.4 Å². The third-order valence-corrected chi connectivity index (χ3v) is 6.26. The molecule has 6 heteroatoms. The van der Waals surface area contributed by atoms with E-state index in [-0.39, 0.29) is 18.2 Å². The van der Waals surface area contributed by atoms with Crippen LogP contribution in [0, 0.1) is 12.8 Å². The number of carbonyl (C=O) groups excluding carboxylic acids is 2. The van der Waals surface area contributed by atoms with Crippen LogP contribution in [-0.4, -0.2) is 35.9 Å². The van der Waals surface area contributed by atoms with Crippen LogP contribution in [0.3, 0.4) is 0 Å². The van der Waals surface area contributed by atoms with Gasteiger partial charge in [-0.15, -0.1) is 0 Å². The van der Waals surface area contributed by atoms with Crippen molar-refractivity contribution in [3.63, 3.8) is 0 Å². The summed E-state index contributed by atoms with van der Waals surface area (Å²) in [5, 5.41) is 3.71. The van der Waals surface area contributed by atoms with E-state index in [0.717, 1.165) is 16.7 Å². The predicted molar refractivity (Wildman–Crippen MR) is 150 cm³/mol. The highest BCUT2D eigenvalue weighted by Gasteiger charge is 2.30. The molecule has 3 aromatic rings. The fourth-order valence-electron chi connectivity index (χ4n) is 4.07. The summed E-state index contributed by atoms with van der Waals surface area (Å²) in [6.07, 6.45) is 1.27. The zero-order valence-corrected chi connectivity index (χ0v) is 22.7. The van der Waals surface area contributed by atoms with E-state index in [2.05, 4.69) is 25.2 Å². The minimum absolute atomic E-state index is 0.0677. The molecule has 196 valence electrons. The largest absolute Gasteiger partial charge is 0.494 e. The second-order valence-corrected chi connectivity index (χ2v) is 10.2. The van der Waals surface area contributed by atoms with Crippen molar-refractivity contribution in [1.29, 1.82) is 0 Å². The molecule has 0 aliphatic rings. The third kappa shape index (κ3) is 9.58. The number of carbonyl (C=O) groups is 2. The predicted octanol–water partition coefficient (Wildman–Crippen LogP) is 6.22. The molecule has 0 saturated heterocycles. The zero-order valence-electron chi connectivity index (χ0n) is 22.0. The van der Waals surface area contributed by atoms with Crippen LogP contribution in [0.2, 0.25) is 5.02 Å². The molecule has 0 fully saturated rings. The van der Waals surface area contributed by atoms with Crippen molar-refractivity contribution in [2.45, 2.75) is 52.6 Å². The lowest BCUT2D eigenvalue weighted by Crippen LogP contribution is -2.51. The summed E-state index contributed by atoms with van der Waals surface area (Å²) in [5.41, 5.74) is 3.13. The molecule has 1 atom stereocenters. The molecule has 0 aromatic heterocycles. The first-order chi connectivity index (χ1) is 17.8. The lowest BCUT2D eigenvalue weighted by atomic mass is 10.0. The van der Waals surface area contributed by atoms with E-state index in [4.69, 9.17) is 16.3 Å². The second-order valence-electron chi connectivity index (χ2n) is 9.76. The van der Waals surface area contributed by atoms with Gasteiger partial charge in [-0.3, -0.25) is 9.59 Å². The van der Waals surface area contributed by atoms with Gasteiger partial charge in [0.15, 0.2) is 0 Å². The lowest BCUT2D eigenvalue weighted by molar-refractivity contribution is -0.141. The Morgan fingerprint density at radius 3 is 2.32 bits per heavy atom. The fraction of sp³-hybridized carbons (Fsp3) is 0.355. The average molecular weight is 521 g/mol. The van der Waals surface area contributed by atoms with Gasteiger partial charge in [0.2, 0.25) is 11.8 Å². The highest BCUT2D eigenvalue weighted by molar-refractivity contribution is 6.30. The molecular weight excluding hydrogens is 484 g/mol. The SMILES string of the molecule is Cc1cccc(CN(C(=O)CCCOc2ccc(Cl)cc2)[C@@H](Cc2ccccc2)C(=O)NCC(C)C)c1. The number of hydrogen-bond acceptors (Lipinski definition) is 3. The van der Waals surface area contributed by atoms with Crippen molar-refractivity contribution in [3.8, 4) is 5.75 Å². The van der Waals surface area contributed by atoms with Gasteiger partial charge in [0.1, 0.15) is 11.8 Å². The molecule has 0 heterocycles. The molecule has 0 aliphatic carbocycles. The number of ether oxygens (including phenoxy) is 1. The molecule has 0 radical (unpaired) electrons. The first kappa shape index (κ1) is 28.3. The van der Waals surface area contributed by atoms with Gasteiger partial charge in [0, 0.05) is 31.0 Å². The number of benzene rings is 3. The number of rotatable bonds is 13. The maximum atomic E-state index is 13.6. The fourth-order valence-corrected chi connectivity index (χ4v) is 4.20. The molecule has 3 rings (SSSR count). The second kappa shape index (κ2) is 14.4. The number of amides is 2. The first-order valence-corrected chi connectivity index (χ1v) is 13.2. The lowest BCUT2D eigenvalue weighted by Gasteiger charge is -2.32. The van der Waals surface area contributed by atoms with Gasteiger partial charge >= 0.3 is 0 Å². The quantitative estimate of drug-likeness (QED) is 0.272. The van der Waals surface area contributed by atoms with E-state index in [1.165, 1.54) is 0 Å². The highest BCUT2D eigenvalue weighted by atomic mass is 35.5. The zero-order chi connectivity index (χ0) is 26.6. The summed E-state index contributed by atoms with van der Waals surface area (Å²) in [6.45, 7) is 7.47. The van der Waals surface area contributed by atoms with Gasteiger partial charge in [-0.2, -0.15) is 0 Å². The maximum absolute atomic E-state index is 13.6. The van der Waals surface area contributed by atoms with E-state index in [0.29, 0.717) is 49.2 Å². The Bertz CT molecular complexity index is 1130. The minimum Gasteiger partial charge on any atom is -0.494 e. The smallest absolute Gasteiger partial charge is 0.243 e. The molecule has 0 spiro atoms. The third-order valence-electron chi connectivity index (χ3n) is 6.01. The Morgan fingerprint density at radius 1 is 0.946 bits per heavy atom. The van der Waals surface area contributed by atoms with Gasteiger partial charge in [-0.25, -0.2) is 0 Å². The Labute approximate surface area is 225 Å². The number of nitrogens with zero attached hydrogens (tertiary/aromatic N) is 1. The molecule has 5 nitrogen and oxygen atoms in total. The van der Waals surface area contributed by atoms with Crippen molar-refractivity contribution in [2.24, 2.45) is 5.92 Å². The van der Waals surface area contributed by atoms with Crippen LogP contribution in [0.15, 0.2) is 78.9 Å². The summed E-state index contributed by atoms with van der Waals surface area (Å²) < 4.78 is 5.78. The Morgan fingerprint density at radius 2 is 1.65 bits per heavy atom. The monoisotopic (exact) mass is 520 g/mol. The van der Waals surface area contributed by atoms with E-state index in [9.17, 15) is 9.59 Å². The standard InChI is InChI=1S/C31H37ClN2O3/c1-23(2)21-33-31(36)29(20-25-10-5-4-6-11-25)34(22-26-12-7-9-24(3)19-26)30(35)13-8-18-37-28-16-14-27(32)15-17-28/h4-7,9-12,14-17,19,23,29H,8,13,18,20-22H2,1-3H3,(H,33,36)/t29-/m0/s1. The van der Waals surface area contributed by atoms with Crippen molar-refractivity contribution in [2.75, 3.05) is 13.2 Å². The molecule has 1 N–H and O–H groups in total. The van der Waals surface area contributed by atoms with Crippen LogP contribution < -0.4 is 10.1 Å². The molecule has 37 heavy (non-hydrogen) atoms. The molecule has 0 aliphatic heterocycles. The van der Waals surface area contributed by atoms with Crippen LogP contribution in [0.5, 0.6) is 5.75 Å². The van der Waals surface area contributed by atoms with Crippen molar-refractivity contribution in [3.05, 3.63) is 101 Å². The number of nitrogens with one attached hydrogen (secondary N) is 1. The minimum atomic E-state index is -0.619. The Kier molecular flexibility index (Phi) is 11.0. The Hall–Kier alpha value is -3.31. The highest BCUT2D eigenvalue weighted by Crippen LogP contribution is 2.19. The number of aryl methyl sites for hydroxylation is 1. The summed E-state index contributed by atoms with van der Waals surface area (Å²) >= 11 is 5.94. The first-order valence-electron chi connectivity index (χ1n) is 12.9. The van der Waals surface area contributed by atoms with Crippen molar-refractivity contribution < 1.29 is 14.3 Å². The topological polar surface area (TPSA) is 58.6 Å².